The van der Waals surface area contributed by atoms with Crippen LogP contribution in [0.25, 0.3) is 0 Å². The minimum atomic E-state index is -0.391. The minimum absolute atomic E-state index is 0. The van der Waals surface area contributed by atoms with Crippen molar-refractivity contribution in [2.75, 3.05) is 0 Å². The van der Waals surface area contributed by atoms with E-state index in [2.05, 4.69) is 4.90 Å². The van der Waals surface area contributed by atoms with E-state index in [1.54, 1.807) is 19.1 Å². The largest absolute Gasteiger partial charge is 0.333 e. The van der Waals surface area contributed by atoms with Crippen LogP contribution in [0.4, 0.5) is 5.69 Å². The van der Waals surface area contributed by atoms with Gasteiger partial charge in [-0.2, -0.15) is 0 Å². The van der Waals surface area contributed by atoms with E-state index in [1.165, 1.54) is 44.6 Å². The Balaban J connectivity index is 1.93. The Bertz CT molecular complexity index is 614. The van der Waals surface area contributed by atoms with Crippen molar-refractivity contribution in [1.29, 1.82) is 0 Å². The van der Waals surface area contributed by atoms with E-state index < -0.39 is 4.92 Å². The first kappa shape index (κ1) is 17.9. The van der Waals surface area contributed by atoms with Gasteiger partial charge in [-0.05, 0) is 38.7 Å². The lowest BCUT2D eigenvalue weighted by Gasteiger charge is -2.42. The van der Waals surface area contributed by atoms with Gasteiger partial charge in [-0.25, -0.2) is 0 Å². The quantitative estimate of drug-likeness (QED) is 0.569. The van der Waals surface area contributed by atoms with Gasteiger partial charge in [0.1, 0.15) is 0 Å². The summed E-state index contributed by atoms with van der Waals surface area (Å²) in [4.78, 5) is 26.4. The van der Waals surface area contributed by atoms with Crippen molar-refractivity contribution in [2.24, 2.45) is 0 Å². The Hall–Kier alpha value is -1.91. The second-order valence-electron chi connectivity index (χ2n) is 7.50. The highest BCUT2D eigenvalue weighted by Crippen LogP contribution is 2.33. The summed E-state index contributed by atoms with van der Waals surface area (Å²) in [6, 6.07) is 5.46. The van der Waals surface area contributed by atoms with Gasteiger partial charge in [0, 0.05) is 29.3 Å². The van der Waals surface area contributed by atoms with E-state index in [4.69, 9.17) is 0 Å². The van der Waals surface area contributed by atoms with E-state index in [9.17, 15) is 14.9 Å². The van der Waals surface area contributed by atoms with Crippen molar-refractivity contribution in [2.45, 2.75) is 83.2 Å². The maximum Gasteiger partial charge on any atom is 0.273 e. The summed E-state index contributed by atoms with van der Waals surface area (Å²) >= 11 is 0. The van der Waals surface area contributed by atoms with E-state index in [0.717, 1.165) is 25.7 Å². The molecule has 2 aliphatic carbocycles. The maximum absolute atomic E-state index is 13.4. The molecule has 1 aromatic carbocycles. The Morgan fingerprint density at radius 2 is 1.52 bits per heavy atom. The summed E-state index contributed by atoms with van der Waals surface area (Å²) in [6.45, 7) is 1.70. The van der Waals surface area contributed by atoms with Crippen LogP contribution in [0, 0.1) is 17.0 Å². The Morgan fingerprint density at radius 1 is 1.00 bits per heavy atom. The highest BCUT2D eigenvalue weighted by atomic mass is 16.6. The molecule has 0 saturated heterocycles. The molecule has 2 fully saturated rings. The molecule has 0 radical (unpaired) electrons. The molecule has 0 unspecified atom stereocenters. The second-order valence-corrected chi connectivity index (χ2v) is 7.50. The standard InChI is InChI=1S/C20H28N2O3/c1-15-18(13-8-14-19(15)22(24)25)20(23)21(16-9-4-2-5-10-16)17-11-6-3-7-12-17/h8,13-14,16-17H,2-7,9-12H2,1H3. The first-order valence-corrected chi connectivity index (χ1v) is 9.66. The van der Waals surface area contributed by atoms with Crippen LogP contribution in [0.3, 0.4) is 0 Å². The van der Waals surface area contributed by atoms with Crippen molar-refractivity contribution < 1.29 is 9.72 Å². The molecule has 5 heteroatoms. The first-order valence-electron chi connectivity index (χ1n) is 9.66. The van der Waals surface area contributed by atoms with E-state index in [0.29, 0.717) is 23.2 Å². The third-order valence-corrected chi connectivity index (χ3v) is 5.90. The van der Waals surface area contributed by atoms with Crippen molar-refractivity contribution in [3.8, 4) is 0 Å². The fourth-order valence-electron chi connectivity index (χ4n) is 4.54. The number of hydrogen-bond donors (Lipinski definition) is 0. The normalized spacial score (nSPS) is 19.6. The summed E-state index contributed by atoms with van der Waals surface area (Å²) in [5.41, 5.74) is 1.04. The average Bonchev–Trinajstić information content (AvgIpc) is 2.63. The van der Waals surface area contributed by atoms with Crippen LogP contribution in [0.2, 0.25) is 0 Å². The molecule has 1 amide bonds. The zero-order valence-electron chi connectivity index (χ0n) is 15.1. The summed E-state index contributed by atoms with van der Waals surface area (Å²) in [6.07, 6.45) is 11.5. The molecule has 3 rings (SSSR count). The average molecular weight is 344 g/mol. The highest BCUT2D eigenvalue weighted by molar-refractivity contribution is 5.97. The second kappa shape index (κ2) is 7.98. The van der Waals surface area contributed by atoms with Crippen LogP contribution in [0.15, 0.2) is 18.2 Å². The monoisotopic (exact) mass is 344 g/mol. The smallest absolute Gasteiger partial charge is 0.273 e. The molecule has 0 heterocycles. The lowest BCUT2D eigenvalue weighted by Crippen LogP contribution is -2.49. The van der Waals surface area contributed by atoms with Crippen molar-refractivity contribution >= 4 is 11.6 Å². The molecule has 2 aliphatic rings. The molecule has 136 valence electrons. The zero-order valence-corrected chi connectivity index (χ0v) is 15.1. The number of nitro groups is 1. The summed E-state index contributed by atoms with van der Waals surface area (Å²) < 4.78 is 0. The van der Waals surface area contributed by atoms with Gasteiger partial charge in [0.15, 0.2) is 0 Å². The number of amides is 1. The molecule has 0 bridgehead atoms. The Morgan fingerprint density at radius 3 is 2.00 bits per heavy atom. The molecular formula is C20H28N2O3. The van der Waals surface area contributed by atoms with Crippen LogP contribution in [0.5, 0.6) is 0 Å². The van der Waals surface area contributed by atoms with Crippen molar-refractivity contribution in [3.05, 3.63) is 39.4 Å². The predicted molar refractivity (Wildman–Crippen MR) is 97.7 cm³/mol. The fourth-order valence-corrected chi connectivity index (χ4v) is 4.54. The van der Waals surface area contributed by atoms with E-state index in [-0.39, 0.29) is 11.6 Å². The molecular weight excluding hydrogens is 316 g/mol. The topological polar surface area (TPSA) is 63.5 Å². The van der Waals surface area contributed by atoms with Crippen LogP contribution in [-0.2, 0) is 0 Å². The molecule has 1 aromatic rings. The molecule has 2 saturated carbocycles. The minimum Gasteiger partial charge on any atom is -0.333 e. The van der Waals surface area contributed by atoms with Crippen LogP contribution in [0.1, 0.15) is 80.1 Å². The van der Waals surface area contributed by atoms with Crippen molar-refractivity contribution in [3.63, 3.8) is 0 Å². The number of hydrogen-bond acceptors (Lipinski definition) is 3. The highest BCUT2D eigenvalue weighted by Gasteiger charge is 2.34. The summed E-state index contributed by atoms with van der Waals surface area (Å²) in [5.74, 6) is 0. The van der Waals surface area contributed by atoms with Gasteiger partial charge in [0.25, 0.3) is 11.6 Å². The van der Waals surface area contributed by atoms with Gasteiger partial charge < -0.3 is 4.90 Å². The molecule has 0 aliphatic heterocycles. The van der Waals surface area contributed by atoms with Gasteiger partial charge >= 0.3 is 0 Å². The molecule has 0 N–H and O–H groups in total. The van der Waals surface area contributed by atoms with E-state index in [1.807, 2.05) is 0 Å². The lowest BCUT2D eigenvalue weighted by atomic mass is 9.87. The summed E-state index contributed by atoms with van der Waals surface area (Å²) in [7, 11) is 0. The molecule has 0 spiro atoms. The van der Waals surface area contributed by atoms with Crippen LogP contribution >= 0.6 is 0 Å². The van der Waals surface area contributed by atoms with Gasteiger partial charge in [0.2, 0.25) is 0 Å². The van der Waals surface area contributed by atoms with Crippen LogP contribution < -0.4 is 0 Å². The number of carbonyl (C=O) groups is 1. The third kappa shape index (κ3) is 3.86. The van der Waals surface area contributed by atoms with Gasteiger partial charge in [-0.1, -0.05) is 44.6 Å². The fraction of sp³-hybridized carbons (Fsp3) is 0.650. The zero-order chi connectivity index (χ0) is 17.8. The van der Waals surface area contributed by atoms with Crippen molar-refractivity contribution in [1.82, 2.24) is 4.90 Å². The van der Waals surface area contributed by atoms with Crippen LogP contribution in [-0.4, -0.2) is 27.8 Å². The Labute approximate surface area is 149 Å². The third-order valence-electron chi connectivity index (χ3n) is 5.90. The maximum atomic E-state index is 13.4. The number of nitrogens with zero attached hydrogens (tertiary/aromatic N) is 2. The van der Waals surface area contributed by atoms with Gasteiger partial charge in [-0.3, -0.25) is 14.9 Å². The van der Waals surface area contributed by atoms with E-state index >= 15 is 0 Å². The Kier molecular flexibility index (Phi) is 5.71. The number of carbonyl (C=O) groups excluding carboxylic acids is 1. The number of nitro benzene ring substituents is 1. The van der Waals surface area contributed by atoms with Gasteiger partial charge in [0.05, 0.1) is 4.92 Å². The molecule has 25 heavy (non-hydrogen) atoms. The number of benzene rings is 1. The first-order chi connectivity index (χ1) is 12.1. The summed E-state index contributed by atoms with van der Waals surface area (Å²) in [5, 5.41) is 11.3. The number of rotatable bonds is 4. The molecule has 0 aromatic heterocycles. The molecule has 0 atom stereocenters. The predicted octanol–water partition coefficient (Wildman–Crippen LogP) is 5.01. The van der Waals surface area contributed by atoms with Gasteiger partial charge in [-0.15, -0.1) is 0 Å². The lowest BCUT2D eigenvalue weighted by molar-refractivity contribution is -0.385. The molecule has 5 nitrogen and oxygen atoms in total. The SMILES string of the molecule is Cc1c(C(=O)N(C2CCCCC2)C2CCCCC2)cccc1[N+](=O)[O-].